The van der Waals surface area contributed by atoms with Crippen LogP contribution in [0.4, 0.5) is 16.2 Å². The van der Waals surface area contributed by atoms with Crippen LogP contribution in [-0.4, -0.2) is 69.7 Å². The Morgan fingerprint density at radius 3 is 2.53 bits per heavy atom. The van der Waals surface area contributed by atoms with Crippen LogP contribution in [0.25, 0.3) is 0 Å². The van der Waals surface area contributed by atoms with E-state index in [0.717, 1.165) is 18.8 Å². The zero-order chi connectivity index (χ0) is 21.7. The van der Waals surface area contributed by atoms with Crippen molar-refractivity contribution >= 4 is 33.2 Å². The maximum absolute atomic E-state index is 12.3. The number of morpholine rings is 1. The van der Waals surface area contributed by atoms with E-state index >= 15 is 0 Å². The van der Waals surface area contributed by atoms with Crippen LogP contribution < -0.4 is 20.9 Å². The first-order valence-corrected chi connectivity index (χ1v) is 12.1. The van der Waals surface area contributed by atoms with Crippen molar-refractivity contribution in [2.45, 2.75) is 44.9 Å². The number of benzene rings is 1. The number of anilines is 2. The van der Waals surface area contributed by atoms with Gasteiger partial charge in [-0.2, -0.15) is 0 Å². The predicted molar refractivity (Wildman–Crippen MR) is 116 cm³/mol. The maximum Gasteiger partial charge on any atom is 0.319 e. The lowest BCUT2D eigenvalue weighted by Crippen LogP contribution is -2.46. The van der Waals surface area contributed by atoms with Crippen LogP contribution in [-0.2, 0) is 19.4 Å². The third-order valence-corrected chi connectivity index (χ3v) is 6.92. The highest BCUT2D eigenvalue weighted by molar-refractivity contribution is 7.91. The number of nitrogens with zero attached hydrogens (tertiary/aromatic N) is 1. The minimum absolute atomic E-state index is 0.0117. The van der Waals surface area contributed by atoms with Gasteiger partial charge in [-0.3, -0.25) is 4.79 Å². The van der Waals surface area contributed by atoms with Crippen molar-refractivity contribution in [3.05, 3.63) is 24.3 Å². The van der Waals surface area contributed by atoms with Gasteiger partial charge in [-0.25, -0.2) is 13.2 Å². The molecule has 3 N–H and O–H groups in total. The predicted octanol–water partition coefficient (Wildman–Crippen LogP) is 1.12. The van der Waals surface area contributed by atoms with E-state index in [4.69, 9.17) is 4.74 Å². The Morgan fingerprint density at radius 1 is 1.17 bits per heavy atom. The quantitative estimate of drug-likeness (QED) is 0.613. The number of hydrogen-bond donors (Lipinski definition) is 3. The maximum atomic E-state index is 12.3. The van der Waals surface area contributed by atoms with Crippen molar-refractivity contribution in [3.8, 4) is 0 Å². The highest BCUT2D eigenvalue weighted by atomic mass is 32.2. The molecule has 0 saturated carbocycles. The SMILES string of the molecule is CC1CN(c2ccccc2NC(=O)NCCC(=O)NC2CCS(=O)(=O)C2)CC(C)O1. The summed E-state index contributed by atoms with van der Waals surface area (Å²) in [5.41, 5.74) is 1.62. The molecule has 1 aromatic carbocycles. The monoisotopic (exact) mass is 438 g/mol. The van der Waals surface area contributed by atoms with Crippen LogP contribution in [0.2, 0.25) is 0 Å². The summed E-state index contributed by atoms with van der Waals surface area (Å²) in [7, 11) is -3.04. The van der Waals surface area contributed by atoms with Gasteiger partial charge in [0.15, 0.2) is 9.84 Å². The van der Waals surface area contributed by atoms with Crippen molar-refractivity contribution in [2.24, 2.45) is 0 Å². The van der Waals surface area contributed by atoms with Gasteiger partial charge in [-0.15, -0.1) is 0 Å². The Kier molecular flexibility index (Phi) is 7.19. The highest BCUT2D eigenvalue weighted by Gasteiger charge is 2.28. The number of para-hydroxylation sites is 2. The molecule has 2 aliphatic rings. The van der Waals surface area contributed by atoms with Gasteiger partial charge in [0.1, 0.15) is 0 Å². The van der Waals surface area contributed by atoms with E-state index in [1.807, 2.05) is 38.1 Å². The molecule has 2 aliphatic heterocycles. The van der Waals surface area contributed by atoms with Crippen molar-refractivity contribution < 1.29 is 22.7 Å². The standard InChI is InChI=1S/C20H30N4O5S/c1-14-11-24(12-15(2)29-14)18-6-4-3-5-17(18)23-20(26)21-9-7-19(25)22-16-8-10-30(27,28)13-16/h3-6,14-16H,7-13H2,1-2H3,(H,22,25)(H2,21,23,26). The fraction of sp³-hybridized carbons (Fsp3) is 0.600. The average molecular weight is 439 g/mol. The summed E-state index contributed by atoms with van der Waals surface area (Å²) < 4.78 is 28.7. The molecule has 0 spiro atoms. The number of carbonyl (C=O) groups is 2. The van der Waals surface area contributed by atoms with E-state index in [-0.39, 0.29) is 48.6 Å². The molecule has 0 aromatic heterocycles. The van der Waals surface area contributed by atoms with Gasteiger partial charge in [-0.05, 0) is 32.4 Å². The zero-order valence-corrected chi connectivity index (χ0v) is 18.2. The van der Waals surface area contributed by atoms with Crippen LogP contribution in [0, 0.1) is 0 Å². The van der Waals surface area contributed by atoms with E-state index in [1.54, 1.807) is 0 Å². The van der Waals surface area contributed by atoms with E-state index in [2.05, 4.69) is 20.9 Å². The second kappa shape index (κ2) is 9.65. The summed E-state index contributed by atoms with van der Waals surface area (Å²) in [6.45, 7) is 5.68. The molecular formula is C20H30N4O5S. The molecule has 3 unspecified atom stereocenters. The van der Waals surface area contributed by atoms with E-state index < -0.39 is 15.9 Å². The average Bonchev–Trinajstić information content (AvgIpc) is 2.99. The zero-order valence-electron chi connectivity index (χ0n) is 17.4. The Morgan fingerprint density at radius 2 is 1.87 bits per heavy atom. The Bertz CT molecular complexity index is 866. The number of sulfone groups is 1. The number of amides is 3. The van der Waals surface area contributed by atoms with Crippen LogP contribution in [0.15, 0.2) is 24.3 Å². The summed E-state index contributed by atoms with van der Waals surface area (Å²) in [6.07, 6.45) is 0.731. The molecule has 3 amide bonds. The lowest BCUT2D eigenvalue weighted by Gasteiger charge is -2.37. The molecule has 1 aromatic rings. The molecule has 9 nitrogen and oxygen atoms in total. The van der Waals surface area contributed by atoms with Crippen LogP contribution in [0.1, 0.15) is 26.7 Å². The van der Waals surface area contributed by atoms with E-state index in [1.165, 1.54) is 0 Å². The number of carbonyl (C=O) groups excluding carboxylic acids is 2. The second-order valence-electron chi connectivity index (χ2n) is 7.98. The van der Waals surface area contributed by atoms with Gasteiger partial charge in [0, 0.05) is 32.1 Å². The first-order valence-electron chi connectivity index (χ1n) is 10.3. The fourth-order valence-corrected chi connectivity index (χ4v) is 5.57. The van der Waals surface area contributed by atoms with Gasteiger partial charge in [0.05, 0.1) is 35.1 Å². The molecule has 0 aliphatic carbocycles. The summed E-state index contributed by atoms with van der Waals surface area (Å²) >= 11 is 0. The number of ether oxygens (including phenoxy) is 1. The Labute approximate surface area is 177 Å². The van der Waals surface area contributed by atoms with Crippen LogP contribution in [0.5, 0.6) is 0 Å². The molecule has 0 radical (unpaired) electrons. The highest BCUT2D eigenvalue weighted by Crippen LogP contribution is 2.28. The minimum atomic E-state index is -3.04. The van der Waals surface area contributed by atoms with E-state index in [0.29, 0.717) is 12.1 Å². The molecule has 30 heavy (non-hydrogen) atoms. The molecule has 2 saturated heterocycles. The number of hydrogen-bond acceptors (Lipinski definition) is 6. The summed E-state index contributed by atoms with van der Waals surface area (Å²) in [4.78, 5) is 26.5. The second-order valence-corrected chi connectivity index (χ2v) is 10.2. The van der Waals surface area contributed by atoms with Crippen molar-refractivity contribution in [2.75, 3.05) is 41.4 Å². The number of urea groups is 1. The van der Waals surface area contributed by atoms with Gasteiger partial charge in [0.25, 0.3) is 0 Å². The summed E-state index contributed by atoms with van der Waals surface area (Å²) in [5, 5.41) is 8.24. The molecule has 166 valence electrons. The third-order valence-electron chi connectivity index (χ3n) is 5.15. The normalized spacial score (nSPS) is 25.5. The van der Waals surface area contributed by atoms with Gasteiger partial charge >= 0.3 is 6.03 Å². The first kappa shape index (κ1) is 22.4. The van der Waals surface area contributed by atoms with Crippen LogP contribution in [0.3, 0.4) is 0 Å². The van der Waals surface area contributed by atoms with Crippen molar-refractivity contribution in [3.63, 3.8) is 0 Å². The molecule has 2 fully saturated rings. The molecule has 2 heterocycles. The largest absolute Gasteiger partial charge is 0.372 e. The number of nitrogens with one attached hydrogen (secondary N) is 3. The van der Waals surface area contributed by atoms with Gasteiger partial charge < -0.3 is 25.6 Å². The summed E-state index contributed by atoms with van der Waals surface area (Å²) in [6, 6.07) is 6.86. The van der Waals surface area contributed by atoms with Crippen molar-refractivity contribution in [1.29, 1.82) is 0 Å². The molecule has 3 atom stereocenters. The third kappa shape index (κ3) is 6.33. The molecule has 10 heteroatoms. The smallest absolute Gasteiger partial charge is 0.319 e. The molecule has 3 rings (SSSR count). The van der Waals surface area contributed by atoms with Crippen LogP contribution >= 0.6 is 0 Å². The van der Waals surface area contributed by atoms with E-state index in [9.17, 15) is 18.0 Å². The topological polar surface area (TPSA) is 117 Å². The lowest BCUT2D eigenvalue weighted by molar-refractivity contribution is -0.121. The lowest BCUT2D eigenvalue weighted by atomic mass is 10.1. The molecule has 0 bridgehead atoms. The van der Waals surface area contributed by atoms with Gasteiger partial charge in [-0.1, -0.05) is 12.1 Å². The minimum Gasteiger partial charge on any atom is -0.372 e. The Balaban J connectivity index is 1.47. The van der Waals surface area contributed by atoms with Gasteiger partial charge in [0.2, 0.25) is 5.91 Å². The first-order chi connectivity index (χ1) is 14.2. The fourth-order valence-electron chi connectivity index (χ4n) is 3.89. The summed E-state index contributed by atoms with van der Waals surface area (Å²) in [5.74, 6) is -0.171. The van der Waals surface area contributed by atoms with Crippen molar-refractivity contribution in [1.82, 2.24) is 10.6 Å². The number of rotatable bonds is 6. The Hall–Kier alpha value is -2.33. The molecular weight excluding hydrogens is 408 g/mol.